The molecular weight excluding hydrogens is 424 g/mol. The predicted molar refractivity (Wildman–Crippen MR) is 113 cm³/mol. The number of ether oxygens (including phenoxy) is 1. The Morgan fingerprint density at radius 2 is 2.00 bits per heavy atom. The van der Waals surface area contributed by atoms with E-state index in [-0.39, 0.29) is 16.9 Å². The zero-order valence-electron chi connectivity index (χ0n) is 16.9. The van der Waals surface area contributed by atoms with Gasteiger partial charge in [0.25, 0.3) is 11.6 Å². The number of benzene rings is 1. The lowest BCUT2D eigenvalue weighted by atomic mass is 10.1. The van der Waals surface area contributed by atoms with Crippen LogP contribution in [0, 0.1) is 24.0 Å². The fourth-order valence-electron chi connectivity index (χ4n) is 2.79. The first-order chi connectivity index (χ1) is 14.8. The van der Waals surface area contributed by atoms with Crippen LogP contribution >= 0.6 is 11.8 Å². The Kier molecular flexibility index (Phi) is 6.65. The molecule has 31 heavy (non-hydrogen) atoms. The van der Waals surface area contributed by atoms with Crippen LogP contribution in [0.15, 0.2) is 46.0 Å². The Hall–Kier alpha value is -3.73. The first-order valence-corrected chi connectivity index (χ1v) is 10.2. The van der Waals surface area contributed by atoms with E-state index in [0.29, 0.717) is 27.9 Å². The van der Waals surface area contributed by atoms with Crippen LogP contribution in [0.25, 0.3) is 11.6 Å². The minimum absolute atomic E-state index is 0.121. The van der Waals surface area contributed by atoms with Gasteiger partial charge in [-0.15, -0.1) is 11.8 Å². The van der Waals surface area contributed by atoms with Crippen LogP contribution in [-0.2, 0) is 9.53 Å². The van der Waals surface area contributed by atoms with Crippen LogP contribution in [0.5, 0.6) is 0 Å². The number of aromatic nitrogens is 2. The third-order valence-electron chi connectivity index (χ3n) is 4.31. The third kappa shape index (κ3) is 4.89. The number of hydrogen-bond donors (Lipinski definition) is 1. The number of furan rings is 1. The topological polar surface area (TPSA) is 137 Å². The summed E-state index contributed by atoms with van der Waals surface area (Å²) < 4.78 is 10.4. The van der Waals surface area contributed by atoms with Gasteiger partial charge in [0.2, 0.25) is 0 Å². The first kappa shape index (κ1) is 22.0. The monoisotopic (exact) mass is 442 g/mol. The number of esters is 1. The lowest BCUT2D eigenvalue weighted by molar-refractivity contribution is -0.385. The zero-order valence-corrected chi connectivity index (χ0v) is 17.7. The molecule has 1 amide bonds. The van der Waals surface area contributed by atoms with Crippen molar-refractivity contribution in [2.75, 3.05) is 18.2 Å². The Labute approximate surface area is 181 Å². The van der Waals surface area contributed by atoms with Crippen molar-refractivity contribution in [2.45, 2.75) is 18.9 Å². The van der Waals surface area contributed by atoms with E-state index in [1.165, 1.54) is 43.1 Å². The summed E-state index contributed by atoms with van der Waals surface area (Å²) in [7, 11) is 0. The van der Waals surface area contributed by atoms with Crippen molar-refractivity contribution in [2.24, 2.45) is 0 Å². The van der Waals surface area contributed by atoms with Crippen LogP contribution in [0.2, 0.25) is 0 Å². The van der Waals surface area contributed by atoms with Crippen molar-refractivity contribution in [1.82, 2.24) is 9.97 Å². The van der Waals surface area contributed by atoms with Crippen LogP contribution in [0.4, 0.5) is 11.4 Å². The maximum atomic E-state index is 12.6. The van der Waals surface area contributed by atoms with E-state index in [2.05, 4.69) is 15.3 Å². The molecule has 0 aliphatic rings. The van der Waals surface area contributed by atoms with Gasteiger partial charge in [0.1, 0.15) is 10.6 Å². The van der Waals surface area contributed by atoms with Gasteiger partial charge in [0, 0.05) is 6.07 Å². The van der Waals surface area contributed by atoms with E-state index in [9.17, 15) is 19.7 Å². The summed E-state index contributed by atoms with van der Waals surface area (Å²) in [5.74, 6) is -0.584. The zero-order chi connectivity index (χ0) is 22.5. The molecular formula is C20H18N4O6S. The van der Waals surface area contributed by atoms with E-state index in [1.54, 1.807) is 25.3 Å². The summed E-state index contributed by atoms with van der Waals surface area (Å²) in [5, 5.41) is 13.9. The minimum atomic E-state index is -0.751. The van der Waals surface area contributed by atoms with E-state index in [0.717, 1.165) is 0 Å². The predicted octanol–water partition coefficient (Wildman–Crippen LogP) is 3.78. The van der Waals surface area contributed by atoms with Crippen molar-refractivity contribution < 1.29 is 23.7 Å². The number of rotatable bonds is 7. The number of hydrogen-bond acceptors (Lipinski definition) is 9. The van der Waals surface area contributed by atoms with Gasteiger partial charge in [0.15, 0.2) is 18.2 Å². The van der Waals surface area contributed by atoms with Crippen molar-refractivity contribution in [3.8, 4) is 11.6 Å². The lowest BCUT2D eigenvalue weighted by Crippen LogP contribution is -2.22. The van der Waals surface area contributed by atoms with E-state index >= 15 is 0 Å². The SMILES string of the molecule is CSc1nc(-c2ccco2)nc(C)c1C(=O)OCC(=O)Nc1cccc([N+](=O)[O-])c1C. The number of carbonyl (C=O) groups excluding carboxylic acids is 2. The van der Waals surface area contributed by atoms with Gasteiger partial charge in [0.05, 0.1) is 28.1 Å². The van der Waals surface area contributed by atoms with Crippen molar-refractivity contribution in [3.05, 3.63) is 63.5 Å². The fourth-order valence-corrected chi connectivity index (χ4v) is 3.40. The van der Waals surface area contributed by atoms with Gasteiger partial charge in [-0.1, -0.05) is 6.07 Å². The van der Waals surface area contributed by atoms with Gasteiger partial charge in [-0.05, 0) is 38.3 Å². The molecule has 160 valence electrons. The van der Waals surface area contributed by atoms with Gasteiger partial charge in [-0.25, -0.2) is 14.8 Å². The highest BCUT2D eigenvalue weighted by Gasteiger charge is 2.22. The van der Waals surface area contributed by atoms with Gasteiger partial charge < -0.3 is 14.5 Å². The Morgan fingerprint density at radius 3 is 2.65 bits per heavy atom. The molecule has 11 heteroatoms. The number of thioether (sulfide) groups is 1. The first-order valence-electron chi connectivity index (χ1n) is 8.99. The maximum Gasteiger partial charge on any atom is 0.343 e. The van der Waals surface area contributed by atoms with Crippen LogP contribution in [0.3, 0.4) is 0 Å². The number of carbonyl (C=O) groups is 2. The summed E-state index contributed by atoms with van der Waals surface area (Å²) in [4.78, 5) is 44.0. The Bertz CT molecular complexity index is 1150. The molecule has 10 nitrogen and oxygen atoms in total. The summed E-state index contributed by atoms with van der Waals surface area (Å²) >= 11 is 1.23. The van der Waals surface area contributed by atoms with E-state index in [1.807, 2.05) is 0 Å². The molecule has 1 N–H and O–H groups in total. The molecule has 0 spiro atoms. The number of aryl methyl sites for hydroxylation is 1. The standard InChI is InChI=1S/C20H18N4O6S/c1-11-13(6-4-7-14(11)24(27)28)22-16(25)10-30-20(26)17-12(2)21-18(23-19(17)31-3)15-8-5-9-29-15/h4-9H,10H2,1-3H3,(H,22,25). The number of nitro groups is 1. The van der Waals surface area contributed by atoms with E-state index in [4.69, 9.17) is 9.15 Å². The number of anilines is 1. The van der Waals surface area contributed by atoms with E-state index < -0.39 is 23.4 Å². The molecule has 1 aromatic carbocycles. The minimum Gasteiger partial charge on any atom is -0.461 e. The highest BCUT2D eigenvalue weighted by Crippen LogP contribution is 2.26. The van der Waals surface area contributed by atoms with Gasteiger partial charge in [-0.3, -0.25) is 14.9 Å². The molecule has 2 aromatic heterocycles. The molecule has 0 saturated heterocycles. The summed E-state index contributed by atoms with van der Waals surface area (Å²) in [6.07, 6.45) is 3.25. The fraction of sp³-hybridized carbons (Fsp3) is 0.200. The smallest absolute Gasteiger partial charge is 0.343 e. The Balaban J connectivity index is 1.72. The molecule has 0 atom stereocenters. The molecule has 0 aliphatic carbocycles. The van der Waals surface area contributed by atoms with Crippen LogP contribution in [0.1, 0.15) is 21.6 Å². The largest absolute Gasteiger partial charge is 0.461 e. The summed E-state index contributed by atoms with van der Waals surface area (Å²) in [6, 6.07) is 7.73. The molecule has 0 saturated carbocycles. The molecule has 0 bridgehead atoms. The van der Waals surface area contributed by atoms with Gasteiger partial charge >= 0.3 is 5.97 Å². The number of amides is 1. The molecule has 0 fully saturated rings. The average molecular weight is 442 g/mol. The number of nitro benzene ring substituents is 1. The summed E-state index contributed by atoms with van der Waals surface area (Å²) in [6.45, 7) is 2.58. The second-order valence-electron chi connectivity index (χ2n) is 6.33. The van der Waals surface area contributed by atoms with Crippen molar-refractivity contribution >= 4 is 35.0 Å². The molecule has 3 rings (SSSR count). The van der Waals surface area contributed by atoms with Crippen molar-refractivity contribution in [1.29, 1.82) is 0 Å². The lowest BCUT2D eigenvalue weighted by Gasteiger charge is -2.12. The highest BCUT2D eigenvalue weighted by molar-refractivity contribution is 7.98. The second kappa shape index (κ2) is 9.39. The van der Waals surface area contributed by atoms with Crippen molar-refractivity contribution in [3.63, 3.8) is 0 Å². The normalized spacial score (nSPS) is 10.5. The molecule has 3 aromatic rings. The van der Waals surface area contributed by atoms with Crippen LogP contribution in [-0.4, -0.2) is 39.6 Å². The number of nitrogens with zero attached hydrogens (tertiary/aromatic N) is 3. The quantitative estimate of drug-likeness (QED) is 0.190. The van der Waals surface area contributed by atoms with Gasteiger partial charge in [-0.2, -0.15) is 0 Å². The molecule has 2 heterocycles. The van der Waals surface area contributed by atoms with Crippen LogP contribution < -0.4 is 5.32 Å². The molecule has 0 unspecified atom stereocenters. The Morgan fingerprint density at radius 1 is 1.23 bits per heavy atom. The summed E-state index contributed by atoms with van der Waals surface area (Å²) in [5.41, 5.74) is 0.980. The second-order valence-corrected chi connectivity index (χ2v) is 7.12. The maximum absolute atomic E-state index is 12.6. The number of nitrogens with one attached hydrogen (secondary N) is 1. The third-order valence-corrected chi connectivity index (χ3v) is 4.99. The molecule has 0 radical (unpaired) electrons. The molecule has 0 aliphatic heterocycles. The average Bonchev–Trinajstić information content (AvgIpc) is 3.27. The highest BCUT2D eigenvalue weighted by atomic mass is 32.2.